The molecule has 0 aromatic heterocycles. The maximum absolute atomic E-state index is 13.7. The van der Waals surface area contributed by atoms with Gasteiger partial charge in [0, 0.05) is 13.1 Å². The number of amides is 1. The third-order valence-corrected chi connectivity index (χ3v) is 9.02. The van der Waals surface area contributed by atoms with Crippen LogP contribution in [0.15, 0.2) is 41.3 Å². The molecule has 5 atom stereocenters. The minimum atomic E-state index is -3.92. The number of aliphatic hydroxyl groups is 1. The fourth-order valence-corrected chi connectivity index (χ4v) is 7.49. The molecular weight excluding hydrogens is 456 g/mol. The van der Waals surface area contributed by atoms with Crippen LogP contribution in [0.1, 0.15) is 46.1 Å². The van der Waals surface area contributed by atoms with Crippen molar-refractivity contribution in [3.05, 3.63) is 42.0 Å². The Morgan fingerprint density at radius 2 is 1.94 bits per heavy atom. The van der Waals surface area contributed by atoms with E-state index in [2.05, 4.69) is 6.58 Å². The first-order chi connectivity index (χ1) is 15.8. The van der Waals surface area contributed by atoms with Crippen LogP contribution in [0.25, 0.3) is 0 Å². The van der Waals surface area contributed by atoms with Crippen LogP contribution in [0.4, 0.5) is 4.79 Å². The van der Waals surface area contributed by atoms with Gasteiger partial charge >= 0.3 is 6.09 Å². The minimum absolute atomic E-state index is 0.0214. The number of hydrogen-bond donors (Lipinski definition) is 1. The number of aryl methyl sites for hydroxylation is 1. The van der Waals surface area contributed by atoms with Gasteiger partial charge in [-0.2, -0.15) is 4.31 Å². The average Bonchev–Trinajstić information content (AvgIpc) is 3.23. The van der Waals surface area contributed by atoms with Crippen molar-refractivity contribution in [2.75, 3.05) is 19.7 Å². The highest BCUT2D eigenvalue weighted by atomic mass is 32.2. The molecule has 3 aliphatic rings. The maximum Gasteiger partial charge on any atom is 0.411 e. The first kappa shape index (κ1) is 25.2. The predicted molar refractivity (Wildman–Crippen MR) is 128 cm³/mol. The van der Waals surface area contributed by atoms with Gasteiger partial charge in [0.1, 0.15) is 17.2 Å². The van der Waals surface area contributed by atoms with Crippen LogP contribution in [-0.4, -0.2) is 72.0 Å². The first-order valence-electron chi connectivity index (χ1n) is 11.8. The number of likely N-dealkylation sites (tertiary alicyclic amines) is 1. The molecule has 8 nitrogen and oxygen atoms in total. The summed E-state index contributed by atoms with van der Waals surface area (Å²) in [6.07, 6.45) is -1.43. The van der Waals surface area contributed by atoms with Crippen molar-refractivity contribution in [2.24, 2.45) is 11.8 Å². The Labute approximate surface area is 202 Å². The number of hydrogen-bond acceptors (Lipinski definition) is 6. The van der Waals surface area contributed by atoms with Crippen LogP contribution in [0.3, 0.4) is 0 Å². The van der Waals surface area contributed by atoms with Gasteiger partial charge < -0.3 is 14.6 Å². The molecule has 0 unspecified atom stereocenters. The molecule has 0 bridgehead atoms. The summed E-state index contributed by atoms with van der Waals surface area (Å²) < 4.78 is 40.5. The molecule has 1 amide bonds. The van der Waals surface area contributed by atoms with Crippen LogP contribution < -0.4 is 0 Å². The lowest BCUT2D eigenvalue weighted by atomic mass is 9.71. The van der Waals surface area contributed by atoms with E-state index in [9.17, 15) is 18.3 Å². The van der Waals surface area contributed by atoms with Gasteiger partial charge in [0.25, 0.3) is 0 Å². The molecule has 1 aromatic carbocycles. The first-order valence-corrected chi connectivity index (χ1v) is 13.3. The number of ether oxygens (including phenoxy) is 2. The summed E-state index contributed by atoms with van der Waals surface area (Å²) in [6, 6.07) is 6.67. The Morgan fingerprint density at radius 1 is 1.29 bits per heavy atom. The molecule has 0 radical (unpaired) electrons. The summed E-state index contributed by atoms with van der Waals surface area (Å²) in [5.74, 6) is -0.128. The summed E-state index contributed by atoms with van der Waals surface area (Å²) in [7, 11) is -3.92. The van der Waals surface area contributed by atoms with Gasteiger partial charge in [0.05, 0.1) is 11.5 Å². The summed E-state index contributed by atoms with van der Waals surface area (Å²) in [4.78, 5) is 15.2. The smallest absolute Gasteiger partial charge is 0.411 e. The van der Waals surface area contributed by atoms with Crippen molar-refractivity contribution in [1.29, 1.82) is 0 Å². The fraction of sp³-hybridized carbons (Fsp3) is 0.640. The van der Waals surface area contributed by atoms with Crippen LogP contribution in [-0.2, 0) is 19.5 Å². The summed E-state index contributed by atoms with van der Waals surface area (Å²) >= 11 is 0. The highest BCUT2D eigenvalue weighted by Crippen LogP contribution is 2.55. The second-order valence-corrected chi connectivity index (χ2v) is 12.8. The quantitative estimate of drug-likeness (QED) is 0.648. The van der Waals surface area contributed by atoms with Crippen molar-refractivity contribution in [3.63, 3.8) is 0 Å². The normalized spacial score (nSPS) is 31.8. The van der Waals surface area contributed by atoms with E-state index in [1.54, 1.807) is 49.9 Å². The number of sulfonamides is 1. The Morgan fingerprint density at radius 3 is 2.53 bits per heavy atom. The molecule has 188 valence electrons. The van der Waals surface area contributed by atoms with E-state index in [1.165, 1.54) is 4.31 Å². The molecule has 1 spiro atoms. The van der Waals surface area contributed by atoms with E-state index in [1.807, 2.05) is 13.8 Å². The topological polar surface area (TPSA) is 96.4 Å². The molecule has 3 aliphatic heterocycles. The van der Waals surface area contributed by atoms with Gasteiger partial charge in [-0.3, -0.25) is 4.90 Å². The summed E-state index contributed by atoms with van der Waals surface area (Å²) in [6.45, 7) is 13.8. The van der Waals surface area contributed by atoms with E-state index >= 15 is 0 Å². The molecule has 0 aliphatic carbocycles. The van der Waals surface area contributed by atoms with Crippen LogP contribution in [0.2, 0.25) is 0 Å². The monoisotopic (exact) mass is 492 g/mol. The largest absolute Gasteiger partial charge is 0.444 e. The zero-order chi connectivity index (χ0) is 25.1. The zero-order valence-corrected chi connectivity index (χ0v) is 21.5. The lowest BCUT2D eigenvalue weighted by Crippen LogP contribution is -2.70. The van der Waals surface area contributed by atoms with Crippen molar-refractivity contribution in [1.82, 2.24) is 9.21 Å². The molecule has 3 heterocycles. The molecule has 4 rings (SSSR count). The van der Waals surface area contributed by atoms with E-state index < -0.39 is 39.6 Å². The van der Waals surface area contributed by atoms with Gasteiger partial charge in [-0.15, -0.1) is 6.58 Å². The number of piperidine rings is 1. The van der Waals surface area contributed by atoms with Gasteiger partial charge in [0.2, 0.25) is 10.0 Å². The minimum Gasteiger partial charge on any atom is -0.444 e. The molecule has 1 aromatic rings. The Hall–Kier alpha value is -1.94. The number of benzene rings is 1. The number of rotatable bonds is 4. The fourth-order valence-electron chi connectivity index (χ4n) is 5.92. The van der Waals surface area contributed by atoms with Gasteiger partial charge in [-0.05, 0) is 71.4 Å². The molecule has 3 fully saturated rings. The highest BCUT2D eigenvalue weighted by molar-refractivity contribution is 7.89. The van der Waals surface area contributed by atoms with Crippen molar-refractivity contribution in [2.45, 2.75) is 75.8 Å². The van der Waals surface area contributed by atoms with Crippen molar-refractivity contribution >= 4 is 16.1 Å². The maximum atomic E-state index is 13.7. The van der Waals surface area contributed by atoms with Crippen LogP contribution in [0, 0.1) is 18.8 Å². The summed E-state index contributed by atoms with van der Waals surface area (Å²) in [5.41, 5.74) is -0.0295. The molecular formula is C25H36N2O6S. The van der Waals surface area contributed by atoms with E-state index in [-0.39, 0.29) is 29.9 Å². The lowest BCUT2D eigenvalue weighted by molar-refractivity contribution is -0.106. The van der Waals surface area contributed by atoms with Gasteiger partial charge in [-0.1, -0.05) is 23.3 Å². The van der Waals surface area contributed by atoms with E-state index in [4.69, 9.17) is 9.47 Å². The highest BCUT2D eigenvalue weighted by Gasteiger charge is 2.71. The molecule has 3 saturated heterocycles. The van der Waals surface area contributed by atoms with Crippen molar-refractivity contribution in [3.8, 4) is 0 Å². The third kappa shape index (κ3) is 4.06. The Bertz CT molecular complexity index is 1060. The number of carbonyl (C=O) groups is 1. The molecule has 1 N–H and O–H groups in total. The number of carbonyl (C=O) groups excluding carboxylic acids is 1. The van der Waals surface area contributed by atoms with Crippen molar-refractivity contribution < 1.29 is 27.8 Å². The van der Waals surface area contributed by atoms with Crippen LogP contribution >= 0.6 is 0 Å². The molecule has 0 saturated carbocycles. The number of allylic oxidation sites excluding steroid dienone is 1. The second kappa shape index (κ2) is 8.62. The average molecular weight is 493 g/mol. The number of nitrogens with zero attached hydrogens (tertiary/aromatic N) is 2. The van der Waals surface area contributed by atoms with Gasteiger partial charge in [-0.25, -0.2) is 13.2 Å². The van der Waals surface area contributed by atoms with E-state index in [0.29, 0.717) is 19.4 Å². The zero-order valence-electron chi connectivity index (χ0n) is 20.7. The Kier molecular flexibility index (Phi) is 6.38. The standard InChI is InChI=1S/C25H36N2O6S/c1-16(2)13-18-14-26(23(29)33-24(4,5)6)25-20(18)11-12-27(22(25)32-15-21(25)28)34(30,31)19-9-7-17(3)8-10-19/h7-10,18,20-22,28H,1,11-15H2,2-6H3/t18-,20-,21-,22-,25-/m0/s1. The SMILES string of the molecule is C=C(C)C[C@H]1CN(C(=O)OC(C)(C)C)[C@]23[C@H](OC[C@@H]2O)N(S(=O)(=O)c2ccc(C)cc2)CC[C@@H]13. The van der Waals surface area contributed by atoms with Crippen LogP contribution in [0.5, 0.6) is 0 Å². The van der Waals surface area contributed by atoms with Gasteiger partial charge in [0.15, 0.2) is 6.23 Å². The predicted octanol–water partition coefficient (Wildman–Crippen LogP) is 3.29. The lowest BCUT2D eigenvalue weighted by Gasteiger charge is -2.50. The molecule has 9 heteroatoms. The second-order valence-electron chi connectivity index (χ2n) is 10.9. The Balaban J connectivity index is 1.79. The number of aliphatic hydroxyl groups excluding tert-OH is 1. The molecule has 34 heavy (non-hydrogen) atoms. The third-order valence-electron chi connectivity index (χ3n) is 7.16. The van der Waals surface area contributed by atoms with E-state index in [0.717, 1.165) is 11.1 Å². The summed E-state index contributed by atoms with van der Waals surface area (Å²) in [5, 5.41) is 11.3.